The molecule has 3 nitrogen and oxygen atoms in total. The number of fused-ring (bicyclic) bond motifs is 1. The van der Waals surface area contributed by atoms with E-state index in [-0.39, 0.29) is 0 Å². The normalized spacial score (nSPS) is 11.2. The Bertz CT molecular complexity index is 1090. The van der Waals surface area contributed by atoms with Crippen LogP contribution < -0.4 is 0 Å². The predicted molar refractivity (Wildman–Crippen MR) is 110 cm³/mol. The molecule has 0 spiro atoms. The summed E-state index contributed by atoms with van der Waals surface area (Å²) in [6, 6.07) is 20.3. The molecule has 0 atom stereocenters. The van der Waals surface area contributed by atoms with E-state index in [1.807, 2.05) is 23.7 Å². The first-order valence-electron chi connectivity index (χ1n) is 8.08. The first-order valence-corrected chi connectivity index (χ1v) is 9.82. The zero-order chi connectivity index (χ0) is 18.1. The zero-order valence-electron chi connectivity index (χ0n) is 14.0. The highest BCUT2D eigenvalue weighted by Gasteiger charge is 2.13. The summed E-state index contributed by atoms with van der Waals surface area (Å²) in [5.41, 5.74) is 2.18. The standard InChI is InChI=1S/C20H15Cl2N3S/c1-25-19(14-9-10-17(21)18(22)11-14)23-24-20(25)26-12-15-7-4-6-13-5-2-3-8-16(13)15/h2-11H,12H2,1H3. The molecule has 4 aromatic rings. The molecule has 0 aliphatic carbocycles. The van der Waals surface area contributed by atoms with Crippen molar-refractivity contribution in [2.24, 2.45) is 7.05 Å². The second-order valence-corrected chi connectivity index (χ2v) is 7.68. The molecule has 0 aliphatic heterocycles. The number of hydrogen-bond donors (Lipinski definition) is 0. The van der Waals surface area contributed by atoms with E-state index in [1.165, 1.54) is 16.3 Å². The number of hydrogen-bond acceptors (Lipinski definition) is 3. The van der Waals surface area contributed by atoms with Crippen LogP contribution in [0.4, 0.5) is 0 Å². The maximum Gasteiger partial charge on any atom is 0.191 e. The number of rotatable bonds is 4. The number of halogens is 2. The number of benzene rings is 3. The van der Waals surface area contributed by atoms with E-state index in [1.54, 1.807) is 17.8 Å². The molecule has 4 rings (SSSR count). The molecule has 0 radical (unpaired) electrons. The average molecular weight is 400 g/mol. The minimum Gasteiger partial charge on any atom is -0.305 e. The van der Waals surface area contributed by atoms with Crippen LogP contribution >= 0.6 is 35.0 Å². The van der Waals surface area contributed by atoms with E-state index in [2.05, 4.69) is 52.7 Å². The summed E-state index contributed by atoms with van der Waals surface area (Å²) in [5, 5.41) is 13.1. The lowest BCUT2D eigenvalue weighted by atomic mass is 10.1. The van der Waals surface area contributed by atoms with Crippen molar-refractivity contribution in [3.8, 4) is 11.4 Å². The fourth-order valence-corrected chi connectivity index (χ4v) is 4.10. The molecule has 0 aliphatic rings. The van der Waals surface area contributed by atoms with E-state index in [4.69, 9.17) is 23.2 Å². The Morgan fingerprint density at radius 1 is 0.923 bits per heavy atom. The van der Waals surface area contributed by atoms with Crippen molar-refractivity contribution in [2.75, 3.05) is 0 Å². The van der Waals surface area contributed by atoms with Gasteiger partial charge in [-0.15, -0.1) is 10.2 Å². The maximum atomic E-state index is 6.12. The third-order valence-electron chi connectivity index (χ3n) is 4.25. The van der Waals surface area contributed by atoms with Crippen LogP contribution in [-0.4, -0.2) is 14.8 Å². The Morgan fingerprint density at radius 3 is 2.58 bits per heavy atom. The van der Waals surface area contributed by atoms with Crippen LogP contribution in [0.3, 0.4) is 0 Å². The van der Waals surface area contributed by atoms with E-state index < -0.39 is 0 Å². The second-order valence-electron chi connectivity index (χ2n) is 5.92. The van der Waals surface area contributed by atoms with E-state index in [0.717, 1.165) is 22.3 Å². The molecule has 1 heterocycles. The molecule has 130 valence electrons. The topological polar surface area (TPSA) is 30.7 Å². The lowest BCUT2D eigenvalue weighted by Crippen LogP contribution is -1.95. The van der Waals surface area contributed by atoms with Crippen LogP contribution in [0, 0.1) is 0 Å². The Hall–Kier alpha value is -2.01. The quantitative estimate of drug-likeness (QED) is 0.380. The van der Waals surface area contributed by atoms with Gasteiger partial charge in [0.15, 0.2) is 11.0 Å². The van der Waals surface area contributed by atoms with Gasteiger partial charge < -0.3 is 4.57 Å². The van der Waals surface area contributed by atoms with Gasteiger partial charge in [0.05, 0.1) is 10.0 Å². The van der Waals surface area contributed by atoms with Crippen molar-refractivity contribution in [2.45, 2.75) is 10.9 Å². The Labute approximate surface area is 166 Å². The first kappa shape index (κ1) is 17.4. The van der Waals surface area contributed by atoms with Gasteiger partial charge in [0, 0.05) is 18.4 Å². The summed E-state index contributed by atoms with van der Waals surface area (Å²) in [7, 11) is 1.96. The number of nitrogens with zero attached hydrogens (tertiary/aromatic N) is 3. The van der Waals surface area contributed by atoms with Gasteiger partial charge in [-0.2, -0.15) is 0 Å². The number of aromatic nitrogens is 3. The molecule has 0 fully saturated rings. The third kappa shape index (κ3) is 3.32. The van der Waals surface area contributed by atoms with E-state index in [9.17, 15) is 0 Å². The Balaban J connectivity index is 1.60. The summed E-state index contributed by atoms with van der Waals surface area (Å²) in [6.45, 7) is 0. The molecular weight excluding hydrogens is 385 g/mol. The molecule has 0 unspecified atom stereocenters. The van der Waals surface area contributed by atoms with Gasteiger partial charge in [-0.3, -0.25) is 0 Å². The summed E-state index contributed by atoms with van der Waals surface area (Å²) in [4.78, 5) is 0. The van der Waals surface area contributed by atoms with Crippen LogP contribution in [0.5, 0.6) is 0 Å². The second kappa shape index (κ2) is 7.31. The molecule has 0 bridgehead atoms. The van der Waals surface area contributed by atoms with Gasteiger partial charge in [0.1, 0.15) is 0 Å². The lowest BCUT2D eigenvalue weighted by Gasteiger charge is -2.07. The smallest absolute Gasteiger partial charge is 0.191 e. The van der Waals surface area contributed by atoms with Crippen molar-refractivity contribution in [1.82, 2.24) is 14.8 Å². The van der Waals surface area contributed by atoms with Crippen LogP contribution in [0.15, 0.2) is 65.8 Å². The van der Waals surface area contributed by atoms with E-state index in [0.29, 0.717) is 10.0 Å². The highest BCUT2D eigenvalue weighted by Crippen LogP contribution is 2.31. The van der Waals surface area contributed by atoms with Crippen molar-refractivity contribution >= 4 is 45.7 Å². The molecule has 0 N–H and O–H groups in total. The maximum absolute atomic E-state index is 6.12. The minimum absolute atomic E-state index is 0.511. The fraction of sp³-hybridized carbons (Fsp3) is 0.100. The average Bonchev–Trinajstić information content (AvgIpc) is 3.03. The van der Waals surface area contributed by atoms with Crippen LogP contribution in [0.2, 0.25) is 10.0 Å². The monoisotopic (exact) mass is 399 g/mol. The lowest BCUT2D eigenvalue weighted by molar-refractivity contribution is 0.794. The van der Waals surface area contributed by atoms with Crippen LogP contribution in [-0.2, 0) is 12.8 Å². The van der Waals surface area contributed by atoms with Crippen LogP contribution in [0.1, 0.15) is 5.56 Å². The van der Waals surface area contributed by atoms with Crippen molar-refractivity contribution in [3.05, 3.63) is 76.3 Å². The third-order valence-corrected chi connectivity index (χ3v) is 6.06. The molecule has 26 heavy (non-hydrogen) atoms. The van der Waals surface area contributed by atoms with Gasteiger partial charge in [-0.1, -0.05) is 77.4 Å². The Kier molecular flexibility index (Phi) is 4.90. The summed E-state index contributed by atoms with van der Waals surface area (Å²) in [6.07, 6.45) is 0. The molecular formula is C20H15Cl2N3S. The summed E-state index contributed by atoms with van der Waals surface area (Å²) < 4.78 is 1.98. The largest absolute Gasteiger partial charge is 0.305 e. The zero-order valence-corrected chi connectivity index (χ0v) is 16.3. The molecule has 3 aromatic carbocycles. The van der Waals surface area contributed by atoms with Gasteiger partial charge in [-0.05, 0) is 34.5 Å². The molecule has 1 aromatic heterocycles. The molecule has 0 saturated heterocycles. The molecule has 0 saturated carbocycles. The molecule has 0 amide bonds. The summed E-state index contributed by atoms with van der Waals surface area (Å²) >= 11 is 13.8. The van der Waals surface area contributed by atoms with Gasteiger partial charge in [0.25, 0.3) is 0 Å². The number of thioether (sulfide) groups is 1. The SMILES string of the molecule is Cn1c(SCc2cccc3ccccc23)nnc1-c1ccc(Cl)c(Cl)c1. The predicted octanol–water partition coefficient (Wildman–Crippen LogP) is 6.23. The van der Waals surface area contributed by atoms with Gasteiger partial charge in [-0.25, -0.2) is 0 Å². The van der Waals surface area contributed by atoms with Gasteiger partial charge in [0.2, 0.25) is 0 Å². The van der Waals surface area contributed by atoms with Gasteiger partial charge >= 0.3 is 0 Å². The van der Waals surface area contributed by atoms with Crippen molar-refractivity contribution in [3.63, 3.8) is 0 Å². The van der Waals surface area contributed by atoms with Crippen LogP contribution in [0.25, 0.3) is 22.2 Å². The minimum atomic E-state index is 0.511. The Morgan fingerprint density at radius 2 is 1.73 bits per heavy atom. The highest BCUT2D eigenvalue weighted by molar-refractivity contribution is 7.98. The van der Waals surface area contributed by atoms with Crippen molar-refractivity contribution in [1.29, 1.82) is 0 Å². The fourth-order valence-electron chi connectivity index (χ4n) is 2.89. The first-order chi connectivity index (χ1) is 12.6. The van der Waals surface area contributed by atoms with Crippen molar-refractivity contribution < 1.29 is 0 Å². The summed E-state index contributed by atoms with van der Waals surface area (Å²) in [5.74, 6) is 1.60. The van der Waals surface area contributed by atoms with E-state index >= 15 is 0 Å². The molecule has 6 heteroatoms. The highest BCUT2D eigenvalue weighted by atomic mass is 35.5.